The van der Waals surface area contributed by atoms with Gasteiger partial charge >= 0.3 is 0 Å². The Morgan fingerprint density at radius 1 is 1.21 bits per heavy atom. The largest absolute Gasteiger partial charge is 0.379 e. The first-order valence-electron chi connectivity index (χ1n) is 10.5. The van der Waals surface area contributed by atoms with Crippen molar-refractivity contribution in [2.75, 3.05) is 26.3 Å². The standard InChI is InChI=1S/C22H34N6O/c1-21(2,3)19-15-26-27(20(19)12-23)9-11-29-10-7-22(4,5)17-13-25-28(16-17)18-6-8-24-14-18/h13,15-16,18,24H,6-11,14H2,1-5H3. The normalized spacial score (nSPS) is 17.6. The monoisotopic (exact) mass is 398 g/mol. The van der Waals surface area contributed by atoms with Crippen LogP contribution in [0.15, 0.2) is 18.6 Å². The Hall–Kier alpha value is -2.17. The van der Waals surface area contributed by atoms with E-state index in [0.717, 1.165) is 31.5 Å². The highest BCUT2D eigenvalue weighted by Gasteiger charge is 2.25. The topological polar surface area (TPSA) is 80.7 Å². The van der Waals surface area contributed by atoms with E-state index in [1.165, 1.54) is 5.56 Å². The molecule has 1 N–H and O–H groups in total. The number of hydrogen-bond acceptors (Lipinski definition) is 5. The Labute approximate surface area is 174 Å². The molecule has 2 aromatic rings. The number of rotatable bonds is 8. The van der Waals surface area contributed by atoms with Crippen LogP contribution in [0.25, 0.3) is 0 Å². The maximum Gasteiger partial charge on any atom is 0.142 e. The van der Waals surface area contributed by atoms with Gasteiger partial charge in [-0.1, -0.05) is 34.6 Å². The summed E-state index contributed by atoms with van der Waals surface area (Å²) in [6.07, 6.45) is 8.04. The van der Waals surface area contributed by atoms with Crippen LogP contribution in [0, 0.1) is 11.3 Å². The third-order valence-electron chi connectivity index (χ3n) is 5.86. The van der Waals surface area contributed by atoms with E-state index in [1.54, 1.807) is 10.9 Å². The molecule has 0 radical (unpaired) electrons. The Kier molecular flexibility index (Phi) is 6.45. The average Bonchev–Trinajstić information content (AvgIpc) is 3.39. The summed E-state index contributed by atoms with van der Waals surface area (Å²) in [5.74, 6) is 0. The number of hydrogen-bond donors (Lipinski definition) is 1. The summed E-state index contributed by atoms with van der Waals surface area (Å²) in [5, 5.41) is 21.9. The Balaban J connectivity index is 1.48. The second-order valence-corrected chi connectivity index (χ2v) is 9.59. The molecule has 0 saturated carbocycles. The number of aromatic nitrogens is 4. The lowest BCUT2D eigenvalue weighted by molar-refractivity contribution is 0.109. The van der Waals surface area contributed by atoms with Gasteiger partial charge in [0, 0.05) is 24.9 Å². The van der Waals surface area contributed by atoms with Gasteiger partial charge in [0.05, 0.1) is 31.6 Å². The molecule has 1 unspecified atom stereocenters. The number of nitriles is 1. The van der Waals surface area contributed by atoms with Gasteiger partial charge in [0.1, 0.15) is 11.8 Å². The predicted octanol–water partition coefficient (Wildman–Crippen LogP) is 3.17. The number of ether oxygens (including phenoxy) is 1. The highest BCUT2D eigenvalue weighted by molar-refractivity contribution is 5.35. The van der Waals surface area contributed by atoms with Crippen molar-refractivity contribution in [1.82, 2.24) is 24.9 Å². The van der Waals surface area contributed by atoms with E-state index in [4.69, 9.17) is 4.74 Å². The summed E-state index contributed by atoms with van der Waals surface area (Å²) >= 11 is 0. The Morgan fingerprint density at radius 2 is 2.00 bits per heavy atom. The van der Waals surface area contributed by atoms with Crippen LogP contribution in [0.1, 0.15) is 70.3 Å². The molecule has 1 aliphatic heterocycles. The fraction of sp³-hybridized carbons (Fsp3) is 0.682. The highest BCUT2D eigenvalue weighted by Crippen LogP contribution is 2.28. The highest BCUT2D eigenvalue weighted by atomic mass is 16.5. The third kappa shape index (κ3) is 5.06. The molecule has 7 nitrogen and oxygen atoms in total. The molecular weight excluding hydrogens is 364 g/mol. The summed E-state index contributed by atoms with van der Waals surface area (Å²) in [6, 6.07) is 2.76. The van der Waals surface area contributed by atoms with Crippen LogP contribution in [0.2, 0.25) is 0 Å². The van der Waals surface area contributed by atoms with Crippen molar-refractivity contribution in [2.24, 2.45) is 0 Å². The summed E-state index contributed by atoms with van der Waals surface area (Å²) in [7, 11) is 0. The molecule has 0 amide bonds. The summed E-state index contributed by atoms with van der Waals surface area (Å²) in [5.41, 5.74) is 2.79. The predicted molar refractivity (Wildman–Crippen MR) is 113 cm³/mol. The fourth-order valence-electron chi connectivity index (χ4n) is 3.70. The van der Waals surface area contributed by atoms with E-state index in [9.17, 15) is 5.26 Å². The maximum atomic E-state index is 9.50. The molecule has 7 heteroatoms. The first-order valence-corrected chi connectivity index (χ1v) is 10.5. The molecular formula is C22H34N6O. The van der Waals surface area contributed by atoms with Crippen LogP contribution in [-0.4, -0.2) is 45.9 Å². The van der Waals surface area contributed by atoms with Crippen LogP contribution in [0.3, 0.4) is 0 Å². The second-order valence-electron chi connectivity index (χ2n) is 9.59. The van der Waals surface area contributed by atoms with Crippen LogP contribution < -0.4 is 5.32 Å². The van der Waals surface area contributed by atoms with Gasteiger partial charge in [0.25, 0.3) is 0 Å². The van der Waals surface area contributed by atoms with Crippen molar-refractivity contribution in [1.29, 1.82) is 5.26 Å². The smallest absolute Gasteiger partial charge is 0.142 e. The lowest BCUT2D eigenvalue weighted by Crippen LogP contribution is -2.20. The molecule has 1 aliphatic rings. The van der Waals surface area contributed by atoms with E-state index >= 15 is 0 Å². The van der Waals surface area contributed by atoms with Crippen LogP contribution in [0.4, 0.5) is 0 Å². The zero-order valence-corrected chi connectivity index (χ0v) is 18.4. The van der Waals surface area contributed by atoms with Crippen molar-refractivity contribution < 1.29 is 4.74 Å². The zero-order valence-electron chi connectivity index (χ0n) is 18.4. The molecule has 0 bridgehead atoms. The van der Waals surface area contributed by atoms with Gasteiger partial charge in [0.15, 0.2) is 0 Å². The van der Waals surface area contributed by atoms with Crippen molar-refractivity contribution in [2.45, 2.75) is 70.9 Å². The summed E-state index contributed by atoms with van der Waals surface area (Å²) < 4.78 is 9.75. The quantitative estimate of drug-likeness (QED) is 0.691. The minimum Gasteiger partial charge on any atom is -0.379 e. The molecule has 1 saturated heterocycles. The third-order valence-corrected chi connectivity index (χ3v) is 5.86. The van der Waals surface area contributed by atoms with E-state index in [1.807, 2.05) is 6.20 Å². The molecule has 0 spiro atoms. The minimum absolute atomic E-state index is 0.00714. The lowest BCUT2D eigenvalue weighted by atomic mass is 9.84. The molecule has 1 fully saturated rings. The van der Waals surface area contributed by atoms with Gasteiger partial charge in [-0.3, -0.25) is 9.36 Å². The van der Waals surface area contributed by atoms with Crippen molar-refractivity contribution >= 4 is 0 Å². The molecule has 1 atom stereocenters. The molecule has 3 rings (SSSR count). The van der Waals surface area contributed by atoms with E-state index in [0.29, 0.717) is 31.5 Å². The van der Waals surface area contributed by atoms with Crippen molar-refractivity contribution in [3.05, 3.63) is 35.4 Å². The Bertz CT molecular complexity index is 846. The van der Waals surface area contributed by atoms with E-state index < -0.39 is 0 Å². The molecule has 2 aromatic heterocycles. The number of nitrogens with zero attached hydrogens (tertiary/aromatic N) is 5. The summed E-state index contributed by atoms with van der Waals surface area (Å²) in [6.45, 7) is 14.6. The van der Waals surface area contributed by atoms with E-state index in [2.05, 4.69) is 67.1 Å². The first kappa shape index (κ1) is 21.5. The van der Waals surface area contributed by atoms with Gasteiger partial charge in [-0.05, 0) is 35.8 Å². The molecule has 29 heavy (non-hydrogen) atoms. The Morgan fingerprint density at radius 3 is 2.66 bits per heavy atom. The van der Waals surface area contributed by atoms with Gasteiger partial charge < -0.3 is 10.1 Å². The molecule has 0 aliphatic carbocycles. The van der Waals surface area contributed by atoms with Crippen LogP contribution >= 0.6 is 0 Å². The van der Waals surface area contributed by atoms with Gasteiger partial charge in [-0.25, -0.2) is 0 Å². The first-order chi connectivity index (χ1) is 13.7. The van der Waals surface area contributed by atoms with Crippen LogP contribution in [-0.2, 0) is 22.1 Å². The maximum absolute atomic E-state index is 9.50. The lowest BCUT2D eigenvalue weighted by Gasteiger charge is -2.23. The average molecular weight is 399 g/mol. The van der Waals surface area contributed by atoms with Gasteiger partial charge in [-0.2, -0.15) is 15.5 Å². The SMILES string of the molecule is CC(C)(C)c1cnn(CCOCCC(C)(C)c2cnn(C3CCNC3)c2)c1C#N. The van der Waals surface area contributed by atoms with Crippen molar-refractivity contribution in [3.63, 3.8) is 0 Å². The summed E-state index contributed by atoms with van der Waals surface area (Å²) in [4.78, 5) is 0. The zero-order chi connectivity index (χ0) is 21.1. The van der Waals surface area contributed by atoms with Crippen molar-refractivity contribution in [3.8, 4) is 6.07 Å². The van der Waals surface area contributed by atoms with Gasteiger partial charge in [-0.15, -0.1) is 0 Å². The fourth-order valence-corrected chi connectivity index (χ4v) is 3.70. The molecule has 3 heterocycles. The minimum atomic E-state index is -0.0901. The molecule has 0 aromatic carbocycles. The number of nitrogens with one attached hydrogen (secondary N) is 1. The van der Waals surface area contributed by atoms with Gasteiger partial charge in [0.2, 0.25) is 0 Å². The second kappa shape index (κ2) is 8.68. The van der Waals surface area contributed by atoms with E-state index in [-0.39, 0.29) is 10.8 Å². The molecule has 158 valence electrons. The van der Waals surface area contributed by atoms with Crippen LogP contribution in [0.5, 0.6) is 0 Å².